The minimum Gasteiger partial charge on any atom is -0.381 e. The van der Waals surface area contributed by atoms with Crippen LogP contribution < -0.4 is 10.6 Å². The second kappa shape index (κ2) is 8.54. The minimum atomic E-state index is -0.110. The molecule has 1 atom stereocenters. The van der Waals surface area contributed by atoms with Crippen LogP contribution in [0.5, 0.6) is 0 Å². The molecule has 1 aliphatic rings. The maximum Gasteiger partial charge on any atom is 0.236 e. The van der Waals surface area contributed by atoms with E-state index in [1.54, 1.807) is 0 Å². The standard InChI is InChI=1S/C15H30N2O2/c1-4-5-6-9-16-14(18)13(2)17-12-15(3)7-10-19-11-8-15/h13,17H,4-12H2,1-3H3,(H,16,18). The molecule has 0 bridgehead atoms. The van der Waals surface area contributed by atoms with E-state index < -0.39 is 0 Å². The van der Waals surface area contributed by atoms with Crippen molar-refractivity contribution in [3.05, 3.63) is 0 Å². The summed E-state index contributed by atoms with van der Waals surface area (Å²) in [4.78, 5) is 11.9. The van der Waals surface area contributed by atoms with Crippen molar-refractivity contribution in [2.24, 2.45) is 5.41 Å². The molecular formula is C15H30N2O2. The van der Waals surface area contributed by atoms with Crippen LogP contribution in [0.15, 0.2) is 0 Å². The van der Waals surface area contributed by atoms with E-state index in [2.05, 4.69) is 24.5 Å². The molecule has 2 N–H and O–H groups in total. The molecule has 1 aliphatic heterocycles. The van der Waals surface area contributed by atoms with Gasteiger partial charge < -0.3 is 15.4 Å². The fraction of sp³-hybridized carbons (Fsp3) is 0.933. The van der Waals surface area contributed by atoms with Crippen molar-refractivity contribution in [3.8, 4) is 0 Å². The molecule has 0 radical (unpaired) electrons. The average molecular weight is 270 g/mol. The number of unbranched alkanes of at least 4 members (excludes halogenated alkanes) is 2. The van der Waals surface area contributed by atoms with Crippen LogP contribution in [0.3, 0.4) is 0 Å². The molecule has 1 unspecified atom stereocenters. The lowest BCUT2D eigenvalue weighted by molar-refractivity contribution is -0.122. The van der Waals surface area contributed by atoms with E-state index in [1.165, 1.54) is 12.8 Å². The van der Waals surface area contributed by atoms with Crippen LogP contribution in [0.2, 0.25) is 0 Å². The van der Waals surface area contributed by atoms with Gasteiger partial charge in [-0.05, 0) is 31.6 Å². The highest BCUT2D eigenvalue weighted by molar-refractivity contribution is 5.81. The van der Waals surface area contributed by atoms with Crippen LogP contribution in [-0.2, 0) is 9.53 Å². The molecule has 0 spiro atoms. The Balaban J connectivity index is 2.18. The summed E-state index contributed by atoms with van der Waals surface area (Å²) in [6, 6.07) is -0.110. The van der Waals surface area contributed by atoms with Crippen molar-refractivity contribution in [3.63, 3.8) is 0 Å². The largest absolute Gasteiger partial charge is 0.381 e. The van der Waals surface area contributed by atoms with E-state index in [-0.39, 0.29) is 17.4 Å². The highest BCUT2D eigenvalue weighted by atomic mass is 16.5. The number of amides is 1. The fourth-order valence-corrected chi connectivity index (χ4v) is 2.27. The SMILES string of the molecule is CCCCCNC(=O)C(C)NCC1(C)CCOCC1. The van der Waals surface area contributed by atoms with Crippen molar-refractivity contribution in [1.82, 2.24) is 10.6 Å². The number of carbonyl (C=O) groups excluding carboxylic acids is 1. The second-order valence-electron chi connectivity index (χ2n) is 6.02. The summed E-state index contributed by atoms with van der Waals surface area (Å²) < 4.78 is 5.39. The van der Waals surface area contributed by atoms with Gasteiger partial charge in [-0.2, -0.15) is 0 Å². The molecule has 1 saturated heterocycles. The zero-order valence-electron chi connectivity index (χ0n) is 12.8. The Morgan fingerprint density at radius 1 is 1.32 bits per heavy atom. The maximum absolute atomic E-state index is 11.9. The maximum atomic E-state index is 11.9. The van der Waals surface area contributed by atoms with E-state index in [4.69, 9.17) is 4.74 Å². The lowest BCUT2D eigenvalue weighted by atomic mass is 9.82. The van der Waals surface area contributed by atoms with E-state index in [0.29, 0.717) is 0 Å². The van der Waals surface area contributed by atoms with Gasteiger partial charge in [-0.1, -0.05) is 26.7 Å². The third-order valence-electron chi connectivity index (χ3n) is 4.01. The highest BCUT2D eigenvalue weighted by Gasteiger charge is 2.28. The first kappa shape index (κ1) is 16.4. The lowest BCUT2D eigenvalue weighted by Gasteiger charge is -2.34. The van der Waals surface area contributed by atoms with Crippen LogP contribution in [-0.4, -0.2) is 38.3 Å². The van der Waals surface area contributed by atoms with E-state index >= 15 is 0 Å². The first-order valence-corrected chi connectivity index (χ1v) is 7.66. The zero-order valence-corrected chi connectivity index (χ0v) is 12.8. The summed E-state index contributed by atoms with van der Waals surface area (Å²) in [5.41, 5.74) is 0.273. The first-order valence-electron chi connectivity index (χ1n) is 7.66. The predicted molar refractivity (Wildman–Crippen MR) is 78.2 cm³/mol. The first-order chi connectivity index (χ1) is 9.07. The minimum absolute atomic E-state index is 0.110. The molecule has 0 aliphatic carbocycles. The Labute approximate surface area is 117 Å². The van der Waals surface area contributed by atoms with Gasteiger partial charge in [-0.15, -0.1) is 0 Å². The topological polar surface area (TPSA) is 50.4 Å². The van der Waals surface area contributed by atoms with Crippen LogP contribution in [0.1, 0.15) is 52.9 Å². The number of rotatable bonds is 8. The monoisotopic (exact) mass is 270 g/mol. The summed E-state index contributed by atoms with van der Waals surface area (Å²) in [5.74, 6) is 0.117. The average Bonchev–Trinajstić information content (AvgIpc) is 2.41. The van der Waals surface area contributed by atoms with Gasteiger partial charge in [0.25, 0.3) is 0 Å². The second-order valence-corrected chi connectivity index (χ2v) is 6.02. The molecule has 4 nitrogen and oxygen atoms in total. The molecule has 0 saturated carbocycles. The highest BCUT2D eigenvalue weighted by Crippen LogP contribution is 2.28. The Bertz CT molecular complexity index is 263. The van der Waals surface area contributed by atoms with E-state index in [9.17, 15) is 4.79 Å². The van der Waals surface area contributed by atoms with Gasteiger partial charge in [0.15, 0.2) is 0 Å². The van der Waals surface area contributed by atoms with Crippen LogP contribution in [0, 0.1) is 5.41 Å². The van der Waals surface area contributed by atoms with Gasteiger partial charge in [0.1, 0.15) is 0 Å². The van der Waals surface area contributed by atoms with Crippen LogP contribution >= 0.6 is 0 Å². The molecule has 0 aromatic heterocycles. The predicted octanol–water partition coefficient (Wildman–Crippen LogP) is 2.09. The molecule has 112 valence electrons. The Morgan fingerprint density at radius 3 is 2.63 bits per heavy atom. The van der Waals surface area contributed by atoms with Crippen LogP contribution in [0.25, 0.3) is 0 Å². The molecule has 0 aromatic carbocycles. The zero-order chi connectivity index (χ0) is 14.1. The summed E-state index contributed by atoms with van der Waals surface area (Å²) in [6.45, 7) is 9.75. The Kier molecular flexibility index (Phi) is 7.39. The summed E-state index contributed by atoms with van der Waals surface area (Å²) in [7, 11) is 0. The van der Waals surface area contributed by atoms with Crippen molar-refractivity contribution in [2.75, 3.05) is 26.3 Å². The van der Waals surface area contributed by atoms with Crippen molar-refractivity contribution >= 4 is 5.91 Å². The van der Waals surface area contributed by atoms with Gasteiger partial charge in [0.05, 0.1) is 6.04 Å². The van der Waals surface area contributed by atoms with Crippen molar-refractivity contribution < 1.29 is 9.53 Å². The van der Waals surface area contributed by atoms with Gasteiger partial charge in [-0.3, -0.25) is 4.79 Å². The number of carbonyl (C=O) groups is 1. The summed E-state index contributed by atoms with van der Waals surface area (Å²) >= 11 is 0. The molecule has 0 aromatic rings. The molecule has 1 rings (SSSR count). The van der Waals surface area contributed by atoms with Gasteiger partial charge >= 0.3 is 0 Å². The summed E-state index contributed by atoms with van der Waals surface area (Å²) in [5, 5.41) is 6.36. The van der Waals surface area contributed by atoms with Crippen LogP contribution in [0.4, 0.5) is 0 Å². The van der Waals surface area contributed by atoms with E-state index in [1.807, 2.05) is 6.92 Å². The Morgan fingerprint density at radius 2 is 2.00 bits per heavy atom. The molecule has 1 amide bonds. The lowest BCUT2D eigenvalue weighted by Crippen LogP contribution is -2.47. The smallest absolute Gasteiger partial charge is 0.236 e. The Hall–Kier alpha value is -0.610. The van der Waals surface area contributed by atoms with Gasteiger partial charge in [0.2, 0.25) is 5.91 Å². The third kappa shape index (κ3) is 6.39. The molecule has 1 fully saturated rings. The number of nitrogens with one attached hydrogen (secondary N) is 2. The third-order valence-corrected chi connectivity index (χ3v) is 4.01. The van der Waals surface area contributed by atoms with E-state index in [0.717, 1.165) is 45.6 Å². The normalized spacial score (nSPS) is 19.9. The van der Waals surface area contributed by atoms with Crippen molar-refractivity contribution in [1.29, 1.82) is 0 Å². The number of hydrogen-bond donors (Lipinski definition) is 2. The van der Waals surface area contributed by atoms with Crippen molar-refractivity contribution in [2.45, 2.75) is 58.9 Å². The molecule has 4 heteroatoms. The van der Waals surface area contributed by atoms with Gasteiger partial charge in [-0.25, -0.2) is 0 Å². The fourth-order valence-electron chi connectivity index (χ4n) is 2.27. The molecule has 1 heterocycles. The van der Waals surface area contributed by atoms with Gasteiger partial charge in [0, 0.05) is 26.3 Å². The molecular weight excluding hydrogens is 240 g/mol. The quantitative estimate of drug-likeness (QED) is 0.664. The number of ether oxygens (including phenoxy) is 1. The number of hydrogen-bond acceptors (Lipinski definition) is 3. The molecule has 19 heavy (non-hydrogen) atoms. The summed E-state index contributed by atoms with van der Waals surface area (Å²) in [6.07, 6.45) is 5.59.